The standard InChI is InChI=1S/C20H21N3O2/c1-14(2)17-10-8-16(9-11-17)13-22-25-15(3)20(24)23-19-7-5-4-6-18(19)12-21/h4-11,13-15H,1-3H3,(H,23,24)/b22-13-/t15-/m1/s1. The number of oxime groups is 1. The summed E-state index contributed by atoms with van der Waals surface area (Å²) in [6.45, 7) is 5.87. The van der Waals surface area contributed by atoms with Gasteiger partial charge in [0.15, 0.2) is 0 Å². The van der Waals surface area contributed by atoms with E-state index in [1.807, 2.05) is 30.3 Å². The predicted octanol–water partition coefficient (Wildman–Crippen LogP) is 4.06. The summed E-state index contributed by atoms with van der Waals surface area (Å²) < 4.78 is 0. The van der Waals surface area contributed by atoms with E-state index in [1.165, 1.54) is 5.56 Å². The van der Waals surface area contributed by atoms with E-state index in [-0.39, 0.29) is 5.91 Å². The van der Waals surface area contributed by atoms with Crippen LogP contribution in [0.2, 0.25) is 0 Å². The number of rotatable bonds is 6. The van der Waals surface area contributed by atoms with Gasteiger partial charge in [0, 0.05) is 0 Å². The Morgan fingerprint density at radius 2 is 1.84 bits per heavy atom. The van der Waals surface area contributed by atoms with E-state index < -0.39 is 6.10 Å². The van der Waals surface area contributed by atoms with Gasteiger partial charge in [-0.3, -0.25) is 4.79 Å². The van der Waals surface area contributed by atoms with Gasteiger partial charge < -0.3 is 10.2 Å². The molecule has 25 heavy (non-hydrogen) atoms. The number of carbonyl (C=O) groups is 1. The van der Waals surface area contributed by atoms with E-state index >= 15 is 0 Å². The van der Waals surface area contributed by atoms with E-state index in [4.69, 9.17) is 10.1 Å². The van der Waals surface area contributed by atoms with Crippen molar-refractivity contribution in [3.8, 4) is 6.07 Å². The predicted molar refractivity (Wildman–Crippen MR) is 98.5 cm³/mol. The van der Waals surface area contributed by atoms with Crippen molar-refractivity contribution in [3.05, 3.63) is 65.2 Å². The molecule has 1 N–H and O–H groups in total. The Balaban J connectivity index is 1.91. The number of hydrogen-bond donors (Lipinski definition) is 1. The molecule has 0 aliphatic carbocycles. The molecule has 0 aliphatic rings. The average Bonchev–Trinajstić information content (AvgIpc) is 2.62. The fourth-order valence-electron chi connectivity index (χ4n) is 2.12. The van der Waals surface area contributed by atoms with Gasteiger partial charge in [0.25, 0.3) is 5.91 Å². The smallest absolute Gasteiger partial charge is 0.268 e. The van der Waals surface area contributed by atoms with E-state index in [0.29, 0.717) is 17.2 Å². The van der Waals surface area contributed by atoms with Crippen LogP contribution in [0.15, 0.2) is 53.7 Å². The van der Waals surface area contributed by atoms with E-state index in [2.05, 4.69) is 24.3 Å². The van der Waals surface area contributed by atoms with Gasteiger partial charge in [-0.1, -0.05) is 55.4 Å². The third-order valence-corrected chi connectivity index (χ3v) is 3.70. The normalized spacial score (nSPS) is 12.0. The molecule has 1 atom stereocenters. The van der Waals surface area contributed by atoms with Crippen molar-refractivity contribution in [2.75, 3.05) is 5.32 Å². The van der Waals surface area contributed by atoms with E-state index in [0.717, 1.165) is 5.56 Å². The number of anilines is 1. The number of amides is 1. The topological polar surface area (TPSA) is 74.5 Å². The number of benzene rings is 2. The van der Waals surface area contributed by atoms with Crippen LogP contribution in [0.25, 0.3) is 0 Å². The lowest BCUT2D eigenvalue weighted by molar-refractivity contribution is -0.126. The molecule has 2 rings (SSSR count). The van der Waals surface area contributed by atoms with Gasteiger partial charge in [0.05, 0.1) is 17.5 Å². The maximum absolute atomic E-state index is 12.1. The van der Waals surface area contributed by atoms with Crippen LogP contribution in [0.1, 0.15) is 43.4 Å². The molecule has 0 heterocycles. The van der Waals surface area contributed by atoms with Crippen LogP contribution in [0.4, 0.5) is 5.69 Å². The van der Waals surface area contributed by atoms with Crippen LogP contribution in [-0.2, 0) is 9.63 Å². The van der Waals surface area contributed by atoms with Gasteiger partial charge in [0.1, 0.15) is 6.07 Å². The van der Waals surface area contributed by atoms with Gasteiger partial charge in [-0.25, -0.2) is 0 Å². The molecular weight excluding hydrogens is 314 g/mol. The highest BCUT2D eigenvalue weighted by atomic mass is 16.6. The summed E-state index contributed by atoms with van der Waals surface area (Å²) in [6.07, 6.45) is 0.787. The minimum absolute atomic E-state index is 0.366. The zero-order valence-electron chi connectivity index (χ0n) is 14.6. The van der Waals surface area contributed by atoms with Crippen molar-refractivity contribution >= 4 is 17.8 Å². The van der Waals surface area contributed by atoms with Gasteiger partial charge >= 0.3 is 0 Å². The summed E-state index contributed by atoms with van der Waals surface area (Å²) >= 11 is 0. The first-order valence-corrected chi connectivity index (χ1v) is 8.10. The van der Waals surface area contributed by atoms with Gasteiger partial charge in [-0.05, 0) is 36.1 Å². The molecule has 5 nitrogen and oxygen atoms in total. The second kappa shape index (κ2) is 8.65. The molecule has 0 bridgehead atoms. The first kappa shape index (κ1) is 18.2. The van der Waals surface area contributed by atoms with Crippen molar-refractivity contribution in [2.24, 2.45) is 5.16 Å². The van der Waals surface area contributed by atoms with Gasteiger partial charge in [-0.15, -0.1) is 0 Å². The third-order valence-electron chi connectivity index (χ3n) is 3.70. The zero-order chi connectivity index (χ0) is 18.2. The lowest BCUT2D eigenvalue weighted by Crippen LogP contribution is -2.26. The Bertz CT molecular complexity index is 789. The van der Waals surface area contributed by atoms with Crippen molar-refractivity contribution in [3.63, 3.8) is 0 Å². The molecule has 128 valence electrons. The number of nitrogens with zero attached hydrogens (tertiary/aromatic N) is 2. The minimum Gasteiger partial charge on any atom is -0.383 e. The van der Waals surface area contributed by atoms with Crippen molar-refractivity contribution in [1.82, 2.24) is 0 Å². The Labute approximate surface area is 147 Å². The largest absolute Gasteiger partial charge is 0.383 e. The molecule has 0 saturated carbocycles. The van der Waals surface area contributed by atoms with Crippen LogP contribution < -0.4 is 5.32 Å². The van der Waals surface area contributed by atoms with Crippen LogP contribution in [0.5, 0.6) is 0 Å². The zero-order valence-corrected chi connectivity index (χ0v) is 14.6. The lowest BCUT2D eigenvalue weighted by atomic mass is 10.0. The second-order valence-corrected chi connectivity index (χ2v) is 5.95. The molecule has 5 heteroatoms. The maximum Gasteiger partial charge on any atom is 0.268 e. The first-order valence-electron chi connectivity index (χ1n) is 8.10. The summed E-state index contributed by atoms with van der Waals surface area (Å²) in [5.74, 6) is 0.109. The first-order chi connectivity index (χ1) is 12.0. The fraction of sp³-hybridized carbons (Fsp3) is 0.250. The molecular formula is C20H21N3O2. The average molecular weight is 335 g/mol. The third kappa shape index (κ3) is 5.18. The Hall–Kier alpha value is -3.13. The molecule has 2 aromatic rings. The van der Waals surface area contributed by atoms with E-state index in [1.54, 1.807) is 37.4 Å². The van der Waals surface area contributed by atoms with Crippen LogP contribution in [0.3, 0.4) is 0 Å². The number of para-hydroxylation sites is 1. The highest BCUT2D eigenvalue weighted by molar-refractivity contribution is 5.95. The summed E-state index contributed by atoms with van der Waals surface area (Å²) in [6, 6.07) is 16.8. The fourth-order valence-corrected chi connectivity index (χ4v) is 2.12. The summed E-state index contributed by atoms with van der Waals surface area (Å²) in [5, 5.41) is 15.6. The Kier molecular flexibility index (Phi) is 6.30. The molecule has 0 radical (unpaired) electrons. The molecule has 2 aromatic carbocycles. The molecule has 0 spiro atoms. The summed E-state index contributed by atoms with van der Waals surface area (Å²) in [5.41, 5.74) is 3.00. The Morgan fingerprint density at radius 3 is 2.48 bits per heavy atom. The number of carbonyl (C=O) groups excluding carboxylic acids is 1. The molecule has 0 unspecified atom stereocenters. The number of nitriles is 1. The summed E-state index contributed by atoms with van der Waals surface area (Å²) in [4.78, 5) is 17.3. The highest BCUT2D eigenvalue weighted by Gasteiger charge is 2.15. The van der Waals surface area contributed by atoms with Crippen molar-refractivity contribution in [2.45, 2.75) is 32.8 Å². The van der Waals surface area contributed by atoms with Crippen LogP contribution in [-0.4, -0.2) is 18.2 Å². The molecule has 0 aliphatic heterocycles. The van der Waals surface area contributed by atoms with Crippen molar-refractivity contribution < 1.29 is 9.63 Å². The monoisotopic (exact) mass is 335 g/mol. The van der Waals surface area contributed by atoms with Gasteiger partial charge in [0.2, 0.25) is 6.10 Å². The number of hydrogen-bond acceptors (Lipinski definition) is 4. The Morgan fingerprint density at radius 1 is 1.16 bits per heavy atom. The molecule has 0 aromatic heterocycles. The van der Waals surface area contributed by atoms with Crippen LogP contribution >= 0.6 is 0 Å². The van der Waals surface area contributed by atoms with Crippen molar-refractivity contribution in [1.29, 1.82) is 5.26 Å². The van der Waals surface area contributed by atoms with E-state index in [9.17, 15) is 4.79 Å². The number of nitrogens with one attached hydrogen (secondary N) is 1. The quantitative estimate of drug-likeness (QED) is 0.639. The summed E-state index contributed by atoms with van der Waals surface area (Å²) in [7, 11) is 0. The minimum atomic E-state index is -0.780. The molecule has 0 saturated heterocycles. The molecule has 0 fully saturated rings. The SMILES string of the molecule is CC(C)c1ccc(/C=N\O[C@H](C)C(=O)Nc2ccccc2C#N)cc1. The maximum atomic E-state index is 12.1. The molecule has 1 amide bonds. The van der Waals surface area contributed by atoms with Crippen LogP contribution in [0, 0.1) is 11.3 Å². The van der Waals surface area contributed by atoms with Gasteiger partial charge in [-0.2, -0.15) is 5.26 Å². The lowest BCUT2D eigenvalue weighted by Gasteiger charge is -2.11. The highest BCUT2D eigenvalue weighted by Crippen LogP contribution is 2.15. The second-order valence-electron chi connectivity index (χ2n) is 5.95.